The summed E-state index contributed by atoms with van der Waals surface area (Å²) in [6.07, 6.45) is -3.04. The van der Waals surface area contributed by atoms with Gasteiger partial charge in [-0.1, -0.05) is 18.2 Å². The average Bonchev–Trinajstić information content (AvgIpc) is 2.92. The second-order valence-corrected chi connectivity index (χ2v) is 6.37. The summed E-state index contributed by atoms with van der Waals surface area (Å²) in [6.45, 7) is 0. The van der Waals surface area contributed by atoms with Crippen LogP contribution in [0.3, 0.4) is 0 Å². The molecule has 1 heterocycles. The van der Waals surface area contributed by atoms with Gasteiger partial charge in [-0.3, -0.25) is 14.9 Å². The van der Waals surface area contributed by atoms with Crippen LogP contribution < -0.4 is 14.8 Å². The predicted molar refractivity (Wildman–Crippen MR) is 93.6 cm³/mol. The predicted octanol–water partition coefficient (Wildman–Crippen LogP) is 4.83. The lowest BCUT2D eigenvalue weighted by molar-refractivity contribution is -0.137. The van der Waals surface area contributed by atoms with Gasteiger partial charge in [-0.2, -0.15) is 13.2 Å². The molecule has 0 bridgehead atoms. The summed E-state index contributed by atoms with van der Waals surface area (Å²) in [5.74, 6) is -0.164. The zero-order valence-corrected chi connectivity index (χ0v) is 14.6. The van der Waals surface area contributed by atoms with Crippen molar-refractivity contribution in [3.05, 3.63) is 58.5 Å². The number of thioether (sulfide) groups is 1. The molecule has 0 saturated carbocycles. The minimum absolute atomic E-state index is 0.0175. The SMILES string of the molecule is COc1c(/C=C2/SC(=O)NC2=O)cccc1Oc1cccc(C(F)(F)F)c1. The van der Waals surface area contributed by atoms with Crippen LogP contribution in [0.2, 0.25) is 0 Å². The molecule has 0 unspecified atom stereocenters. The van der Waals surface area contributed by atoms with Crippen LogP contribution in [0.5, 0.6) is 17.2 Å². The van der Waals surface area contributed by atoms with E-state index < -0.39 is 22.9 Å². The number of amides is 2. The van der Waals surface area contributed by atoms with Crippen molar-refractivity contribution in [1.82, 2.24) is 5.32 Å². The summed E-state index contributed by atoms with van der Waals surface area (Å²) in [6, 6.07) is 9.19. The monoisotopic (exact) mass is 395 g/mol. The molecule has 5 nitrogen and oxygen atoms in total. The first-order valence-electron chi connectivity index (χ1n) is 7.55. The molecule has 0 atom stereocenters. The van der Waals surface area contributed by atoms with E-state index >= 15 is 0 Å². The number of carbonyl (C=O) groups excluding carboxylic acids is 2. The summed E-state index contributed by atoms with van der Waals surface area (Å²) in [5, 5.41) is 1.65. The van der Waals surface area contributed by atoms with Crippen LogP contribution in [0.25, 0.3) is 6.08 Å². The van der Waals surface area contributed by atoms with Crippen LogP contribution in [0.4, 0.5) is 18.0 Å². The van der Waals surface area contributed by atoms with Gasteiger partial charge in [-0.25, -0.2) is 0 Å². The first kappa shape index (κ1) is 18.8. The third-order valence-electron chi connectivity index (χ3n) is 3.53. The quantitative estimate of drug-likeness (QED) is 0.752. The van der Waals surface area contributed by atoms with Crippen LogP contribution in [-0.2, 0) is 11.0 Å². The molecule has 1 saturated heterocycles. The summed E-state index contributed by atoms with van der Waals surface area (Å²) >= 11 is 0.742. The van der Waals surface area contributed by atoms with Gasteiger partial charge < -0.3 is 9.47 Å². The van der Waals surface area contributed by atoms with Crippen molar-refractivity contribution in [3.63, 3.8) is 0 Å². The molecule has 9 heteroatoms. The van der Waals surface area contributed by atoms with Crippen molar-refractivity contribution in [2.75, 3.05) is 7.11 Å². The lowest BCUT2D eigenvalue weighted by Crippen LogP contribution is -2.17. The van der Waals surface area contributed by atoms with E-state index in [0.29, 0.717) is 5.56 Å². The number of halogens is 3. The number of benzene rings is 2. The first-order valence-corrected chi connectivity index (χ1v) is 8.36. The van der Waals surface area contributed by atoms with Crippen molar-refractivity contribution in [2.45, 2.75) is 6.18 Å². The van der Waals surface area contributed by atoms with Crippen LogP contribution in [0.1, 0.15) is 11.1 Å². The van der Waals surface area contributed by atoms with Crippen molar-refractivity contribution >= 4 is 29.0 Å². The highest BCUT2D eigenvalue weighted by Crippen LogP contribution is 2.38. The van der Waals surface area contributed by atoms with Crippen molar-refractivity contribution in [1.29, 1.82) is 0 Å². The number of ether oxygens (including phenoxy) is 2. The van der Waals surface area contributed by atoms with Gasteiger partial charge in [0, 0.05) is 5.56 Å². The summed E-state index contributed by atoms with van der Waals surface area (Å²) < 4.78 is 49.4. The molecular formula is C18H12F3NO4S. The number of methoxy groups -OCH3 is 1. The largest absolute Gasteiger partial charge is 0.492 e. The third kappa shape index (κ3) is 4.25. The van der Waals surface area contributed by atoms with Gasteiger partial charge >= 0.3 is 6.18 Å². The Bertz CT molecular complexity index is 940. The van der Waals surface area contributed by atoms with Crippen LogP contribution in [0, 0.1) is 0 Å². The highest BCUT2D eigenvalue weighted by molar-refractivity contribution is 8.18. The molecule has 3 rings (SSSR count). The normalized spacial score (nSPS) is 15.8. The molecule has 2 aromatic rings. The number of para-hydroxylation sites is 1. The first-order chi connectivity index (χ1) is 12.8. The van der Waals surface area contributed by atoms with E-state index in [2.05, 4.69) is 5.32 Å². The van der Waals surface area contributed by atoms with Gasteiger partial charge in [0.15, 0.2) is 11.5 Å². The summed E-state index contributed by atoms with van der Waals surface area (Å²) in [7, 11) is 1.36. The molecule has 0 radical (unpaired) electrons. The zero-order chi connectivity index (χ0) is 19.6. The Morgan fingerprint density at radius 3 is 2.48 bits per heavy atom. The van der Waals surface area contributed by atoms with Gasteiger partial charge in [0.25, 0.3) is 11.1 Å². The Morgan fingerprint density at radius 2 is 1.85 bits per heavy atom. The molecule has 27 heavy (non-hydrogen) atoms. The Labute approximate surface area is 156 Å². The van der Waals surface area contributed by atoms with Crippen molar-refractivity contribution < 1.29 is 32.2 Å². The van der Waals surface area contributed by atoms with E-state index in [4.69, 9.17) is 9.47 Å². The van der Waals surface area contributed by atoms with Gasteiger partial charge in [0.2, 0.25) is 0 Å². The molecule has 140 valence electrons. The van der Waals surface area contributed by atoms with E-state index in [0.717, 1.165) is 23.9 Å². The van der Waals surface area contributed by atoms with E-state index in [1.165, 1.54) is 31.4 Å². The minimum Gasteiger partial charge on any atom is -0.492 e. The average molecular weight is 395 g/mol. The van der Waals surface area contributed by atoms with Gasteiger partial charge in [0.05, 0.1) is 17.6 Å². The Hall–Kier alpha value is -2.94. The maximum Gasteiger partial charge on any atom is 0.416 e. The number of alkyl halides is 3. The van der Waals surface area contributed by atoms with E-state index in [1.54, 1.807) is 12.1 Å². The Kier molecular flexibility index (Phi) is 5.13. The van der Waals surface area contributed by atoms with Crippen LogP contribution >= 0.6 is 11.8 Å². The zero-order valence-electron chi connectivity index (χ0n) is 13.8. The fourth-order valence-corrected chi connectivity index (χ4v) is 3.04. The molecule has 0 aromatic heterocycles. The molecule has 0 aliphatic carbocycles. The molecule has 1 aliphatic heterocycles. The fourth-order valence-electron chi connectivity index (χ4n) is 2.37. The van der Waals surface area contributed by atoms with Gasteiger partial charge in [0.1, 0.15) is 5.75 Å². The lowest BCUT2D eigenvalue weighted by atomic mass is 10.1. The van der Waals surface area contributed by atoms with E-state index in [9.17, 15) is 22.8 Å². The van der Waals surface area contributed by atoms with E-state index in [1.807, 2.05) is 0 Å². The number of rotatable bonds is 4. The smallest absolute Gasteiger partial charge is 0.416 e. The highest BCUT2D eigenvalue weighted by Gasteiger charge is 2.31. The Balaban J connectivity index is 1.95. The second kappa shape index (κ2) is 7.36. The molecule has 2 amide bonds. The van der Waals surface area contributed by atoms with E-state index in [-0.39, 0.29) is 22.2 Å². The summed E-state index contributed by atoms with van der Waals surface area (Å²) in [5.41, 5.74) is -0.399. The number of imide groups is 1. The number of hydrogen-bond acceptors (Lipinski definition) is 5. The fraction of sp³-hybridized carbons (Fsp3) is 0.111. The van der Waals surface area contributed by atoms with Crippen molar-refractivity contribution in [3.8, 4) is 17.2 Å². The molecule has 0 spiro atoms. The molecule has 2 aromatic carbocycles. The molecule has 1 N–H and O–H groups in total. The lowest BCUT2D eigenvalue weighted by Gasteiger charge is -2.14. The minimum atomic E-state index is -4.49. The standard InChI is InChI=1S/C18H12F3NO4S/c1-25-15-10(8-14-16(23)22-17(24)27-14)4-2-7-13(15)26-12-6-3-5-11(9-12)18(19,20)21/h2-9H,1H3,(H,22,23,24)/b14-8+. The molecule has 1 fully saturated rings. The second-order valence-electron chi connectivity index (χ2n) is 5.36. The number of carbonyl (C=O) groups is 2. The number of nitrogens with one attached hydrogen (secondary N) is 1. The maximum atomic E-state index is 12.9. The number of hydrogen-bond donors (Lipinski definition) is 1. The third-order valence-corrected chi connectivity index (χ3v) is 4.34. The summed E-state index contributed by atoms with van der Waals surface area (Å²) in [4.78, 5) is 23.1. The van der Waals surface area contributed by atoms with Crippen LogP contribution in [-0.4, -0.2) is 18.3 Å². The van der Waals surface area contributed by atoms with Gasteiger partial charge in [-0.15, -0.1) is 0 Å². The topological polar surface area (TPSA) is 64.6 Å². The van der Waals surface area contributed by atoms with Crippen molar-refractivity contribution in [2.24, 2.45) is 0 Å². The van der Waals surface area contributed by atoms with Crippen LogP contribution in [0.15, 0.2) is 47.4 Å². The highest BCUT2D eigenvalue weighted by atomic mass is 32.2. The molecular weight excluding hydrogens is 383 g/mol. The Morgan fingerprint density at radius 1 is 1.11 bits per heavy atom. The maximum absolute atomic E-state index is 12.9. The van der Waals surface area contributed by atoms with Gasteiger partial charge in [-0.05, 0) is 42.1 Å². The molecule has 1 aliphatic rings.